The minimum atomic E-state index is -0.126. The van der Waals surface area contributed by atoms with Crippen LogP contribution in [0.4, 0.5) is 10.3 Å². The fourth-order valence-electron chi connectivity index (χ4n) is 3.07. The third kappa shape index (κ3) is 3.72. The maximum Gasteiger partial charge on any atom is 0.223 e. The summed E-state index contributed by atoms with van der Waals surface area (Å²) in [7, 11) is 0. The van der Waals surface area contributed by atoms with Crippen molar-refractivity contribution >= 4 is 27.5 Å². The SMILES string of the molecule is CC(=O)Nc1nnc(N2CCN(Cc3cnc4c(c3)OCC4)CC2)s1. The Kier molecular flexibility index (Phi) is 4.50. The van der Waals surface area contributed by atoms with E-state index in [-0.39, 0.29) is 5.91 Å². The van der Waals surface area contributed by atoms with Crippen molar-refractivity contribution < 1.29 is 9.53 Å². The molecule has 4 heterocycles. The second-order valence-corrected chi connectivity index (χ2v) is 7.18. The lowest BCUT2D eigenvalue weighted by Gasteiger charge is -2.34. The Labute approximate surface area is 149 Å². The van der Waals surface area contributed by atoms with Crippen LogP contribution in [0.2, 0.25) is 0 Å². The highest BCUT2D eigenvalue weighted by Gasteiger charge is 2.21. The maximum absolute atomic E-state index is 11.1. The molecule has 9 heteroatoms. The number of anilines is 2. The van der Waals surface area contributed by atoms with Gasteiger partial charge in [-0.15, -0.1) is 10.2 Å². The van der Waals surface area contributed by atoms with Crippen molar-refractivity contribution in [2.24, 2.45) is 0 Å². The molecule has 132 valence electrons. The van der Waals surface area contributed by atoms with Gasteiger partial charge in [-0.3, -0.25) is 14.7 Å². The number of piperazine rings is 1. The van der Waals surface area contributed by atoms with E-state index in [4.69, 9.17) is 4.74 Å². The summed E-state index contributed by atoms with van der Waals surface area (Å²) < 4.78 is 5.60. The maximum atomic E-state index is 11.1. The van der Waals surface area contributed by atoms with Crippen molar-refractivity contribution in [3.8, 4) is 5.75 Å². The van der Waals surface area contributed by atoms with Gasteiger partial charge in [-0.2, -0.15) is 0 Å². The summed E-state index contributed by atoms with van der Waals surface area (Å²) >= 11 is 1.41. The molecule has 0 radical (unpaired) electrons. The molecule has 1 fully saturated rings. The van der Waals surface area contributed by atoms with Crippen LogP contribution in [0.25, 0.3) is 0 Å². The third-order valence-electron chi connectivity index (χ3n) is 4.33. The summed E-state index contributed by atoms with van der Waals surface area (Å²) in [6.45, 7) is 6.78. The zero-order valence-electron chi connectivity index (χ0n) is 14.1. The molecule has 1 N–H and O–H groups in total. The molecule has 8 nitrogen and oxygen atoms in total. The Bertz CT molecular complexity index is 772. The lowest BCUT2D eigenvalue weighted by Crippen LogP contribution is -2.45. The van der Waals surface area contributed by atoms with Gasteiger partial charge in [0.25, 0.3) is 0 Å². The summed E-state index contributed by atoms with van der Waals surface area (Å²) in [6, 6.07) is 2.12. The smallest absolute Gasteiger partial charge is 0.223 e. The molecule has 0 bridgehead atoms. The quantitative estimate of drug-likeness (QED) is 0.875. The van der Waals surface area contributed by atoms with E-state index in [2.05, 4.69) is 36.4 Å². The molecular weight excluding hydrogens is 340 g/mol. The number of ether oxygens (including phenoxy) is 1. The van der Waals surface area contributed by atoms with E-state index < -0.39 is 0 Å². The second kappa shape index (κ2) is 6.93. The first kappa shape index (κ1) is 16.2. The summed E-state index contributed by atoms with van der Waals surface area (Å²) in [5.74, 6) is 0.815. The van der Waals surface area contributed by atoms with Crippen molar-refractivity contribution in [3.05, 3.63) is 23.5 Å². The summed E-state index contributed by atoms with van der Waals surface area (Å²) in [5, 5.41) is 12.3. The minimum absolute atomic E-state index is 0.126. The molecule has 2 aromatic rings. The number of nitrogens with one attached hydrogen (secondary N) is 1. The number of rotatable bonds is 4. The normalized spacial score (nSPS) is 17.2. The lowest BCUT2D eigenvalue weighted by atomic mass is 10.2. The van der Waals surface area contributed by atoms with Crippen molar-refractivity contribution in [2.75, 3.05) is 43.0 Å². The summed E-state index contributed by atoms with van der Waals surface area (Å²) in [4.78, 5) is 20.2. The van der Waals surface area contributed by atoms with Crippen molar-refractivity contribution in [1.82, 2.24) is 20.1 Å². The van der Waals surface area contributed by atoms with Gasteiger partial charge >= 0.3 is 0 Å². The standard InChI is InChI=1S/C16H20N6O2S/c1-11(23)18-15-19-20-16(25-15)22-5-3-21(4-6-22)10-12-8-14-13(17-9-12)2-7-24-14/h8-9H,2-7,10H2,1H3,(H,18,19,23). The highest BCUT2D eigenvalue weighted by atomic mass is 32.1. The van der Waals surface area contributed by atoms with Crippen LogP contribution in [-0.4, -0.2) is 58.8 Å². The van der Waals surface area contributed by atoms with Gasteiger partial charge in [0.1, 0.15) is 5.75 Å². The molecule has 0 spiro atoms. The molecule has 2 aliphatic rings. The molecule has 2 aliphatic heterocycles. The molecule has 2 aromatic heterocycles. The fraction of sp³-hybridized carbons (Fsp3) is 0.500. The van der Waals surface area contributed by atoms with Gasteiger partial charge in [0, 0.05) is 52.3 Å². The lowest BCUT2D eigenvalue weighted by molar-refractivity contribution is -0.114. The van der Waals surface area contributed by atoms with Crippen molar-refractivity contribution in [2.45, 2.75) is 19.9 Å². The second-order valence-electron chi connectivity index (χ2n) is 6.22. The molecular formula is C16H20N6O2S. The van der Waals surface area contributed by atoms with E-state index in [1.807, 2.05) is 6.20 Å². The molecule has 0 aromatic carbocycles. The van der Waals surface area contributed by atoms with Gasteiger partial charge in [0.05, 0.1) is 12.3 Å². The molecule has 1 amide bonds. The molecule has 25 heavy (non-hydrogen) atoms. The molecule has 0 aliphatic carbocycles. The molecule has 0 saturated carbocycles. The number of amides is 1. The van der Waals surface area contributed by atoms with Crippen molar-refractivity contribution in [3.63, 3.8) is 0 Å². The van der Waals surface area contributed by atoms with Crippen molar-refractivity contribution in [1.29, 1.82) is 0 Å². The summed E-state index contributed by atoms with van der Waals surface area (Å²) in [5.41, 5.74) is 2.26. The number of carbonyl (C=O) groups is 1. The number of carbonyl (C=O) groups excluding carboxylic acids is 1. The average Bonchev–Trinajstić information content (AvgIpc) is 3.24. The third-order valence-corrected chi connectivity index (χ3v) is 5.23. The van der Waals surface area contributed by atoms with Gasteiger partial charge in [-0.25, -0.2) is 0 Å². The predicted molar refractivity (Wildman–Crippen MR) is 95.1 cm³/mol. The van der Waals surface area contributed by atoms with Crippen LogP contribution in [0.3, 0.4) is 0 Å². The first-order valence-electron chi connectivity index (χ1n) is 8.36. The molecule has 1 saturated heterocycles. The van der Waals surface area contributed by atoms with Crippen LogP contribution in [0, 0.1) is 0 Å². The van der Waals surface area contributed by atoms with E-state index in [1.165, 1.54) is 23.8 Å². The van der Waals surface area contributed by atoms with E-state index in [1.54, 1.807) is 0 Å². The first-order valence-corrected chi connectivity index (χ1v) is 9.18. The Morgan fingerprint density at radius 3 is 2.96 bits per heavy atom. The Morgan fingerprint density at radius 2 is 2.16 bits per heavy atom. The van der Waals surface area contributed by atoms with Crippen LogP contribution < -0.4 is 15.0 Å². The number of aromatic nitrogens is 3. The Balaban J connectivity index is 1.32. The van der Waals surface area contributed by atoms with E-state index in [0.717, 1.165) is 62.3 Å². The Hall–Kier alpha value is -2.26. The average molecular weight is 360 g/mol. The van der Waals surface area contributed by atoms with Gasteiger partial charge in [0.15, 0.2) is 0 Å². The Morgan fingerprint density at radius 1 is 1.32 bits per heavy atom. The van der Waals surface area contributed by atoms with Crippen LogP contribution in [-0.2, 0) is 17.8 Å². The highest BCUT2D eigenvalue weighted by Crippen LogP contribution is 2.26. The zero-order chi connectivity index (χ0) is 17.2. The largest absolute Gasteiger partial charge is 0.491 e. The van der Waals surface area contributed by atoms with E-state index in [9.17, 15) is 4.79 Å². The van der Waals surface area contributed by atoms with E-state index >= 15 is 0 Å². The van der Waals surface area contributed by atoms with Gasteiger partial charge in [-0.1, -0.05) is 11.3 Å². The number of hydrogen-bond donors (Lipinski definition) is 1. The molecule has 0 unspecified atom stereocenters. The summed E-state index contributed by atoms with van der Waals surface area (Å²) in [6.07, 6.45) is 2.88. The van der Waals surface area contributed by atoms with Gasteiger partial charge in [-0.05, 0) is 11.6 Å². The first-order chi connectivity index (χ1) is 12.2. The fourth-order valence-corrected chi connectivity index (χ4v) is 3.91. The highest BCUT2D eigenvalue weighted by molar-refractivity contribution is 7.19. The van der Waals surface area contributed by atoms with Crippen LogP contribution in [0.15, 0.2) is 12.3 Å². The number of nitrogens with zero attached hydrogens (tertiary/aromatic N) is 5. The monoisotopic (exact) mass is 360 g/mol. The topological polar surface area (TPSA) is 83.5 Å². The van der Waals surface area contributed by atoms with Gasteiger partial charge < -0.3 is 15.0 Å². The minimum Gasteiger partial charge on any atom is -0.491 e. The van der Waals surface area contributed by atoms with Crippen LogP contribution in [0.5, 0.6) is 5.75 Å². The van der Waals surface area contributed by atoms with E-state index in [0.29, 0.717) is 5.13 Å². The predicted octanol–water partition coefficient (Wildman–Crippen LogP) is 1.15. The number of pyridine rings is 1. The number of hydrogen-bond acceptors (Lipinski definition) is 8. The van der Waals surface area contributed by atoms with Crippen LogP contribution in [0.1, 0.15) is 18.2 Å². The van der Waals surface area contributed by atoms with Gasteiger partial charge in [0.2, 0.25) is 16.2 Å². The molecule has 0 atom stereocenters. The number of fused-ring (bicyclic) bond motifs is 1. The zero-order valence-corrected chi connectivity index (χ0v) is 14.9. The molecule has 4 rings (SSSR count). The van der Waals surface area contributed by atoms with Crippen LogP contribution >= 0.6 is 11.3 Å².